The van der Waals surface area contributed by atoms with E-state index in [1.54, 1.807) is 12.1 Å². The van der Waals surface area contributed by atoms with E-state index in [2.05, 4.69) is 10.2 Å². The third-order valence-corrected chi connectivity index (χ3v) is 3.53. The number of hydrogen-bond acceptors (Lipinski definition) is 4. The maximum atomic E-state index is 11.0. The van der Waals surface area contributed by atoms with Crippen molar-refractivity contribution in [3.63, 3.8) is 0 Å². The summed E-state index contributed by atoms with van der Waals surface area (Å²) in [5.41, 5.74) is 0.968. The van der Waals surface area contributed by atoms with Gasteiger partial charge in [0, 0.05) is 19.2 Å². The average molecular weight is 249 g/mol. The molecule has 0 aromatic heterocycles. The van der Waals surface area contributed by atoms with E-state index >= 15 is 0 Å². The molecule has 0 bridgehead atoms. The maximum Gasteiger partial charge on any atom is 0.292 e. The summed E-state index contributed by atoms with van der Waals surface area (Å²) in [6.07, 6.45) is 2.18. The Balaban J connectivity index is 2.07. The van der Waals surface area contributed by atoms with Crippen molar-refractivity contribution in [2.75, 3.05) is 31.6 Å². The molecule has 1 N–H and O–H groups in total. The Bertz CT molecular complexity index is 414. The van der Waals surface area contributed by atoms with Gasteiger partial charge in [-0.2, -0.15) is 0 Å². The highest BCUT2D eigenvalue weighted by Crippen LogP contribution is 2.30. The van der Waals surface area contributed by atoms with Gasteiger partial charge in [-0.05, 0) is 38.4 Å². The number of rotatable bonds is 4. The van der Waals surface area contributed by atoms with Crippen LogP contribution in [0.1, 0.15) is 12.8 Å². The number of nitro benzene ring substituents is 1. The summed E-state index contributed by atoms with van der Waals surface area (Å²) < 4.78 is 0. The molecule has 1 saturated heterocycles. The van der Waals surface area contributed by atoms with Crippen molar-refractivity contribution >= 4 is 11.4 Å². The van der Waals surface area contributed by atoms with Gasteiger partial charge in [0.15, 0.2) is 0 Å². The third kappa shape index (κ3) is 2.79. The van der Waals surface area contributed by atoms with Gasteiger partial charge in [0.2, 0.25) is 0 Å². The SMILES string of the molecule is CNCC1CCN(c2ccccc2[N+](=O)[O-])CC1. The molecule has 1 heterocycles. The van der Waals surface area contributed by atoms with Crippen LogP contribution in [0, 0.1) is 16.0 Å². The first kappa shape index (κ1) is 12.8. The van der Waals surface area contributed by atoms with Crippen molar-refractivity contribution in [2.24, 2.45) is 5.92 Å². The van der Waals surface area contributed by atoms with Crippen LogP contribution < -0.4 is 10.2 Å². The van der Waals surface area contributed by atoms with E-state index in [0.29, 0.717) is 5.92 Å². The van der Waals surface area contributed by atoms with Crippen LogP contribution in [0.15, 0.2) is 24.3 Å². The van der Waals surface area contributed by atoms with Gasteiger partial charge in [-0.25, -0.2) is 0 Å². The van der Waals surface area contributed by atoms with Crippen LogP contribution in [0.3, 0.4) is 0 Å². The van der Waals surface area contributed by atoms with Crippen molar-refractivity contribution in [1.29, 1.82) is 0 Å². The highest BCUT2D eigenvalue weighted by Gasteiger charge is 2.23. The van der Waals surface area contributed by atoms with Gasteiger partial charge in [0.25, 0.3) is 5.69 Å². The highest BCUT2D eigenvalue weighted by molar-refractivity contribution is 5.63. The number of para-hydroxylation sites is 2. The van der Waals surface area contributed by atoms with Gasteiger partial charge in [-0.3, -0.25) is 10.1 Å². The lowest BCUT2D eigenvalue weighted by Crippen LogP contribution is -2.36. The van der Waals surface area contributed by atoms with Crippen LogP contribution >= 0.6 is 0 Å². The lowest BCUT2D eigenvalue weighted by Gasteiger charge is -2.33. The quantitative estimate of drug-likeness (QED) is 0.655. The molecule has 0 atom stereocenters. The van der Waals surface area contributed by atoms with Crippen molar-refractivity contribution in [3.8, 4) is 0 Å². The monoisotopic (exact) mass is 249 g/mol. The first-order valence-electron chi connectivity index (χ1n) is 6.35. The lowest BCUT2D eigenvalue weighted by atomic mass is 9.96. The number of hydrogen-bond donors (Lipinski definition) is 1. The Morgan fingerprint density at radius 2 is 2.06 bits per heavy atom. The predicted octanol–water partition coefficient (Wildman–Crippen LogP) is 2.03. The highest BCUT2D eigenvalue weighted by atomic mass is 16.6. The summed E-state index contributed by atoms with van der Waals surface area (Å²) in [6.45, 7) is 2.83. The molecule has 5 heteroatoms. The number of anilines is 1. The summed E-state index contributed by atoms with van der Waals surface area (Å²) in [7, 11) is 1.97. The van der Waals surface area contributed by atoms with E-state index < -0.39 is 0 Å². The van der Waals surface area contributed by atoms with Crippen molar-refractivity contribution < 1.29 is 4.92 Å². The van der Waals surface area contributed by atoms with E-state index in [9.17, 15) is 10.1 Å². The smallest absolute Gasteiger partial charge is 0.292 e. The summed E-state index contributed by atoms with van der Waals surface area (Å²) in [5, 5.41) is 14.2. The molecule has 5 nitrogen and oxygen atoms in total. The van der Waals surface area contributed by atoms with Crippen molar-refractivity contribution in [2.45, 2.75) is 12.8 Å². The minimum atomic E-state index is -0.297. The molecule has 0 unspecified atom stereocenters. The van der Waals surface area contributed by atoms with Crippen LogP contribution in [-0.2, 0) is 0 Å². The van der Waals surface area contributed by atoms with Crippen LogP contribution in [-0.4, -0.2) is 31.6 Å². The maximum absolute atomic E-state index is 11.0. The normalized spacial score (nSPS) is 16.8. The number of nitrogens with zero attached hydrogens (tertiary/aromatic N) is 2. The molecule has 0 amide bonds. The van der Waals surface area contributed by atoms with E-state index in [1.807, 2.05) is 19.2 Å². The van der Waals surface area contributed by atoms with Gasteiger partial charge in [0.05, 0.1) is 4.92 Å². The zero-order valence-electron chi connectivity index (χ0n) is 10.6. The van der Waals surface area contributed by atoms with Gasteiger partial charge in [-0.1, -0.05) is 12.1 Å². The minimum Gasteiger partial charge on any atom is -0.366 e. The second kappa shape index (κ2) is 5.82. The zero-order chi connectivity index (χ0) is 13.0. The molecule has 0 aliphatic carbocycles. The Morgan fingerprint density at radius 3 is 2.67 bits per heavy atom. The molecule has 1 aromatic rings. The van der Waals surface area contributed by atoms with Crippen LogP contribution in [0.25, 0.3) is 0 Å². The van der Waals surface area contributed by atoms with Crippen LogP contribution in [0.5, 0.6) is 0 Å². The molecule has 2 rings (SSSR count). The van der Waals surface area contributed by atoms with Gasteiger partial charge in [0.1, 0.15) is 5.69 Å². The molecule has 98 valence electrons. The van der Waals surface area contributed by atoms with E-state index in [0.717, 1.165) is 38.2 Å². The molecule has 0 radical (unpaired) electrons. The topological polar surface area (TPSA) is 58.4 Å². The molecule has 1 aromatic carbocycles. The van der Waals surface area contributed by atoms with E-state index in [-0.39, 0.29) is 10.6 Å². The Morgan fingerprint density at radius 1 is 1.39 bits per heavy atom. The fraction of sp³-hybridized carbons (Fsp3) is 0.538. The van der Waals surface area contributed by atoms with E-state index in [1.165, 1.54) is 0 Å². The number of benzene rings is 1. The first-order chi connectivity index (χ1) is 8.72. The average Bonchev–Trinajstić information content (AvgIpc) is 2.40. The van der Waals surface area contributed by atoms with Crippen molar-refractivity contribution in [1.82, 2.24) is 5.32 Å². The Hall–Kier alpha value is -1.62. The van der Waals surface area contributed by atoms with Crippen LogP contribution in [0.4, 0.5) is 11.4 Å². The van der Waals surface area contributed by atoms with Gasteiger partial charge in [-0.15, -0.1) is 0 Å². The third-order valence-electron chi connectivity index (χ3n) is 3.53. The summed E-state index contributed by atoms with van der Waals surface area (Å²) >= 11 is 0. The molecular weight excluding hydrogens is 230 g/mol. The molecule has 18 heavy (non-hydrogen) atoms. The zero-order valence-corrected chi connectivity index (χ0v) is 10.6. The molecule has 1 aliphatic heterocycles. The molecule has 1 aliphatic rings. The fourth-order valence-electron chi connectivity index (χ4n) is 2.55. The molecule has 1 fully saturated rings. The van der Waals surface area contributed by atoms with E-state index in [4.69, 9.17) is 0 Å². The molecule has 0 spiro atoms. The summed E-state index contributed by atoms with van der Waals surface area (Å²) in [5.74, 6) is 0.689. The number of nitrogens with one attached hydrogen (secondary N) is 1. The predicted molar refractivity (Wildman–Crippen MR) is 72.0 cm³/mol. The summed E-state index contributed by atoms with van der Waals surface area (Å²) in [4.78, 5) is 12.8. The second-order valence-electron chi connectivity index (χ2n) is 4.73. The standard InChI is InChI=1S/C13H19N3O2/c1-14-10-11-6-8-15(9-7-11)12-4-2-3-5-13(12)16(17)18/h2-5,11,14H,6-10H2,1H3. The van der Waals surface area contributed by atoms with Crippen LogP contribution in [0.2, 0.25) is 0 Å². The first-order valence-corrected chi connectivity index (χ1v) is 6.35. The van der Waals surface area contributed by atoms with Gasteiger partial charge >= 0.3 is 0 Å². The van der Waals surface area contributed by atoms with Crippen molar-refractivity contribution in [3.05, 3.63) is 34.4 Å². The second-order valence-corrected chi connectivity index (χ2v) is 4.73. The lowest BCUT2D eigenvalue weighted by molar-refractivity contribution is -0.384. The molecular formula is C13H19N3O2. The largest absolute Gasteiger partial charge is 0.366 e. The minimum absolute atomic E-state index is 0.213. The van der Waals surface area contributed by atoms with Gasteiger partial charge < -0.3 is 10.2 Å². The number of nitro groups is 1. The number of piperidine rings is 1. The Labute approximate surface area is 107 Å². The molecule has 0 saturated carbocycles. The summed E-state index contributed by atoms with van der Waals surface area (Å²) in [6, 6.07) is 7.00. The fourth-order valence-corrected chi connectivity index (χ4v) is 2.55. The Kier molecular flexibility index (Phi) is 4.15.